The summed E-state index contributed by atoms with van der Waals surface area (Å²) in [6.45, 7) is 0. The number of nitrogens with zero attached hydrogens (tertiary/aromatic N) is 7. The molecule has 0 unspecified atom stereocenters. The van der Waals surface area contributed by atoms with Crippen molar-refractivity contribution in [3.63, 3.8) is 0 Å². The summed E-state index contributed by atoms with van der Waals surface area (Å²) in [4.78, 5) is 15.9. The predicted molar refractivity (Wildman–Crippen MR) is 240 cm³/mol. The van der Waals surface area contributed by atoms with E-state index >= 15 is 0 Å². The lowest BCUT2D eigenvalue weighted by Crippen LogP contribution is -2.06. The molecule has 0 atom stereocenters. The van der Waals surface area contributed by atoms with E-state index < -0.39 is 0 Å². The van der Waals surface area contributed by atoms with E-state index in [1.807, 2.05) is 84.9 Å². The first-order chi connectivity index (χ1) is 29.7. The SMILES string of the molecule is N#Cc1cccc(-c2ccc(-n3c4ccccc4c4ccccc43)c(-c3nc(-c4ccccc4)nc(-c4ccc(C#N)cc4-n4c5ccccc5c5ccccc54)n3)c2)c1. The van der Waals surface area contributed by atoms with E-state index in [1.165, 1.54) is 0 Å². The molecule has 0 spiro atoms. The molecule has 11 aromatic rings. The van der Waals surface area contributed by atoms with Crippen molar-refractivity contribution >= 4 is 43.6 Å². The Bertz CT molecular complexity index is 3480. The van der Waals surface area contributed by atoms with Crippen molar-refractivity contribution in [2.75, 3.05) is 0 Å². The van der Waals surface area contributed by atoms with E-state index in [1.54, 1.807) is 0 Å². The Morgan fingerprint density at radius 1 is 0.333 bits per heavy atom. The highest BCUT2D eigenvalue weighted by molar-refractivity contribution is 6.11. The van der Waals surface area contributed by atoms with Crippen LogP contribution in [0.2, 0.25) is 0 Å². The van der Waals surface area contributed by atoms with Crippen molar-refractivity contribution in [3.05, 3.63) is 199 Å². The molecule has 8 aromatic carbocycles. The molecule has 3 heterocycles. The van der Waals surface area contributed by atoms with Gasteiger partial charge in [-0.25, -0.2) is 15.0 Å². The van der Waals surface area contributed by atoms with Crippen LogP contribution in [0.4, 0.5) is 0 Å². The lowest BCUT2D eigenvalue weighted by molar-refractivity contribution is 1.06. The molecule has 0 aliphatic heterocycles. The molecule has 11 rings (SSSR count). The molecule has 0 radical (unpaired) electrons. The molecule has 0 saturated carbocycles. The average molecular weight is 766 g/mol. The quantitative estimate of drug-likeness (QED) is 0.168. The molecule has 60 heavy (non-hydrogen) atoms. The molecular weight excluding hydrogens is 735 g/mol. The van der Waals surface area contributed by atoms with Crippen LogP contribution in [0.15, 0.2) is 188 Å². The largest absolute Gasteiger partial charge is 0.309 e. The van der Waals surface area contributed by atoms with Crippen LogP contribution in [0.25, 0.3) is 100 Å². The third-order valence-corrected chi connectivity index (χ3v) is 11.2. The Morgan fingerprint density at radius 3 is 1.38 bits per heavy atom. The average Bonchev–Trinajstić information content (AvgIpc) is 3.84. The fourth-order valence-electron chi connectivity index (χ4n) is 8.53. The van der Waals surface area contributed by atoms with Crippen molar-refractivity contribution in [2.45, 2.75) is 0 Å². The Hall–Kier alpha value is -8.65. The smallest absolute Gasteiger partial charge is 0.166 e. The van der Waals surface area contributed by atoms with Gasteiger partial charge in [-0.1, -0.05) is 121 Å². The summed E-state index contributed by atoms with van der Waals surface area (Å²) in [6, 6.07) is 67.8. The van der Waals surface area contributed by atoms with Gasteiger partial charge in [0.1, 0.15) is 0 Å². The van der Waals surface area contributed by atoms with Gasteiger partial charge < -0.3 is 9.13 Å². The molecule has 7 heteroatoms. The van der Waals surface area contributed by atoms with Crippen molar-refractivity contribution in [1.82, 2.24) is 24.1 Å². The van der Waals surface area contributed by atoms with Crippen LogP contribution in [0, 0.1) is 22.7 Å². The van der Waals surface area contributed by atoms with Gasteiger partial charge in [0.25, 0.3) is 0 Å². The van der Waals surface area contributed by atoms with Crippen LogP contribution in [0.3, 0.4) is 0 Å². The van der Waals surface area contributed by atoms with Gasteiger partial charge in [0.05, 0.1) is 56.7 Å². The minimum atomic E-state index is 0.463. The zero-order valence-electron chi connectivity index (χ0n) is 32.0. The second kappa shape index (κ2) is 14.1. The summed E-state index contributed by atoms with van der Waals surface area (Å²) < 4.78 is 4.49. The number of hydrogen-bond donors (Lipinski definition) is 0. The molecule has 3 aromatic heterocycles. The molecule has 0 amide bonds. The Morgan fingerprint density at radius 2 is 0.800 bits per heavy atom. The molecule has 0 fully saturated rings. The fourth-order valence-corrected chi connectivity index (χ4v) is 8.53. The molecule has 0 bridgehead atoms. The van der Waals surface area contributed by atoms with Gasteiger partial charge in [0, 0.05) is 38.2 Å². The van der Waals surface area contributed by atoms with E-state index in [9.17, 15) is 10.5 Å². The van der Waals surface area contributed by atoms with Gasteiger partial charge in [0.2, 0.25) is 0 Å². The molecular formula is C53H31N7. The van der Waals surface area contributed by atoms with Crippen molar-refractivity contribution in [3.8, 4) is 68.8 Å². The first kappa shape index (κ1) is 34.6. The van der Waals surface area contributed by atoms with Gasteiger partial charge in [-0.15, -0.1) is 0 Å². The first-order valence-corrected chi connectivity index (χ1v) is 19.6. The Kier molecular flexibility index (Phi) is 8.11. The Balaban J connectivity index is 1.23. The summed E-state index contributed by atoms with van der Waals surface area (Å²) in [5.41, 5.74) is 11.1. The minimum absolute atomic E-state index is 0.463. The van der Waals surface area contributed by atoms with E-state index in [2.05, 4.69) is 124 Å². The third-order valence-electron chi connectivity index (χ3n) is 11.2. The molecule has 0 aliphatic carbocycles. The number of hydrogen-bond acceptors (Lipinski definition) is 5. The lowest BCUT2D eigenvalue weighted by atomic mass is 9.99. The second-order valence-corrected chi connectivity index (χ2v) is 14.7. The molecule has 7 nitrogen and oxygen atoms in total. The maximum atomic E-state index is 10.2. The van der Waals surface area contributed by atoms with E-state index in [0.29, 0.717) is 28.6 Å². The normalized spacial score (nSPS) is 11.3. The minimum Gasteiger partial charge on any atom is -0.309 e. The van der Waals surface area contributed by atoms with Crippen LogP contribution < -0.4 is 0 Å². The molecule has 0 N–H and O–H groups in total. The topological polar surface area (TPSA) is 96.1 Å². The Labute approximate surface area is 345 Å². The van der Waals surface area contributed by atoms with Gasteiger partial charge in [0.15, 0.2) is 17.5 Å². The number of rotatable bonds is 6. The number of aromatic nitrogens is 5. The van der Waals surface area contributed by atoms with Crippen LogP contribution in [0.1, 0.15) is 11.1 Å². The molecule has 0 saturated heterocycles. The third kappa shape index (κ3) is 5.61. The summed E-state index contributed by atoms with van der Waals surface area (Å²) in [5.74, 6) is 1.45. The maximum Gasteiger partial charge on any atom is 0.166 e. The summed E-state index contributed by atoms with van der Waals surface area (Å²) in [5, 5.41) is 24.6. The second-order valence-electron chi connectivity index (χ2n) is 14.7. The highest BCUT2D eigenvalue weighted by Crippen LogP contribution is 2.40. The predicted octanol–water partition coefficient (Wildman–Crippen LogP) is 12.5. The molecule has 0 aliphatic rings. The van der Waals surface area contributed by atoms with Crippen LogP contribution in [-0.2, 0) is 0 Å². The summed E-state index contributed by atoms with van der Waals surface area (Å²) >= 11 is 0. The fraction of sp³-hybridized carbons (Fsp3) is 0. The molecule has 278 valence electrons. The highest BCUT2D eigenvalue weighted by atomic mass is 15.1. The zero-order chi connectivity index (χ0) is 40.2. The summed E-state index contributed by atoms with van der Waals surface area (Å²) in [6.07, 6.45) is 0. The highest BCUT2D eigenvalue weighted by Gasteiger charge is 2.23. The number of fused-ring (bicyclic) bond motifs is 6. The standard InChI is InChI=1S/C53H31N7/c54-32-34-13-12-16-37(29-34)38-26-28-49(59-45-21-8-4-17-39(45)40-18-5-9-22-46(40)59)44(31-38)53-57-51(36-14-2-1-3-15-36)56-52(58-53)43-27-25-35(33-55)30-50(43)60-47-23-10-6-19-41(47)42-20-7-11-24-48(42)60/h1-31H. The van der Waals surface area contributed by atoms with Crippen LogP contribution in [0.5, 0.6) is 0 Å². The number of nitriles is 2. The van der Waals surface area contributed by atoms with Crippen LogP contribution >= 0.6 is 0 Å². The monoisotopic (exact) mass is 765 g/mol. The van der Waals surface area contributed by atoms with Gasteiger partial charge in [-0.3, -0.25) is 0 Å². The van der Waals surface area contributed by atoms with Gasteiger partial charge >= 0.3 is 0 Å². The maximum absolute atomic E-state index is 10.2. The summed E-state index contributed by atoms with van der Waals surface area (Å²) in [7, 11) is 0. The number of para-hydroxylation sites is 4. The van der Waals surface area contributed by atoms with E-state index in [0.717, 1.165) is 82.8 Å². The van der Waals surface area contributed by atoms with E-state index in [4.69, 9.17) is 15.0 Å². The van der Waals surface area contributed by atoms with Crippen molar-refractivity contribution < 1.29 is 0 Å². The van der Waals surface area contributed by atoms with Crippen LogP contribution in [-0.4, -0.2) is 24.1 Å². The lowest BCUT2D eigenvalue weighted by Gasteiger charge is -2.17. The zero-order valence-corrected chi connectivity index (χ0v) is 32.0. The van der Waals surface area contributed by atoms with Gasteiger partial charge in [-0.05, 0) is 77.9 Å². The van der Waals surface area contributed by atoms with Crippen molar-refractivity contribution in [2.24, 2.45) is 0 Å². The number of benzene rings is 8. The van der Waals surface area contributed by atoms with E-state index in [-0.39, 0.29) is 0 Å². The first-order valence-electron chi connectivity index (χ1n) is 19.6. The van der Waals surface area contributed by atoms with Crippen molar-refractivity contribution in [1.29, 1.82) is 10.5 Å². The van der Waals surface area contributed by atoms with Gasteiger partial charge in [-0.2, -0.15) is 10.5 Å².